The molecule has 0 aromatic carbocycles. The Labute approximate surface area is 166 Å². The predicted octanol–water partition coefficient (Wildman–Crippen LogP) is 1.95. The van der Waals surface area contributed by atoms with E-state index in [0.717, 1.165) is 77.8 Å². The highest BCUT2D eigenvalue weighted by molar-refractivity contribution is 7.10. The van der Waals surface area contributed by atoms with E-state index in [4.69, 9.17) is 14.5 Å². The summed E-state index contributed by atoms with van der Waals surface area (Å²) in [5.41, 5.74) is 1.51. The molecule has 2 unspecified atom stereocenters. The molecule has 0 spiro atoms. The van der Waals surface area contributed by atoms with Crippen molar-refractivity contribution in [2.24, 2.45) is 4.99 Å². The average molecular weight is 393 g/mol. The van der Waals surface area contributed by atoms with Crippen LogP contribution < -0.4 is 5.32 Å². The Morgan fingerprint density at radius 1 is 1.30 bits per heavy atom. The van der Waals surface area contributed by atoms with E-state index in [1.54, 1.807) is 4.88 Å². The van der Waals surface area contributed by atoms with Gasteiger partial charge in [-0.2, -0.15) is 0 Å². The van der Waals surface area contributed by atoms with Crippen LogP contribution >= 0.6 is 11.3 Å². The third-order valence-electron chi connectivity index (χ3n) is 5.67. The fourth-order valence-corrected chi connectivity index (χ4v) is 5.10. The molecule has 2 atom stereocenters. The Hall–Kier alpha value is -1.15. The Kier molecular flexibility index (Phi) is 6.65. The minimum atomic E-state index is 0.171. The van der Waals surface area contributed by atoms with E-state index in [2.05, 4.69) is 33.5 Å². The van der Waals surface area contributed by atoms with Crippen molar-refractivity contribution in [2.45, 2.75) is 44.9 Å². The van der Waals surface area contributed by atoms with Gasteiger partial charge >= 0.3 is 0 Å². The van der Waals surface area contributed by atoms with Crippen molar-refractivity contribution in [1.29, 1.82) is 0 Å². The molecule has 0 amide bonds. The van der Waals surface area contributed by atoms with Crippen molar-refractivity contribution >= 4 is 17.3 Å². The second-order valence-electron chi connectivity index (χ2n) is 7.54. The summed E-state index contributed by atoms with van der Waals surface area (Å²) in [6.45, 7) is 10.5. The largest absolute Gasteiger partial charge is 0.375 e. The number of nitrogens with one attached hydrogen (secondary N) is 1. The summed E-state index contributed by atoms with van der Waals surface area (Å²) in [6, 6.07) is 2.28. The maximum Gasteiger partial charge on any atom is 0.194 e. The smallest absolute Gasteiger partial charge is 0.194 e. The first-order chi connectivity index (χ1) is 13.3. The quantitative estimate of drug-likeness (QED) is 0.613. The molecular weight excluding hydrogens is 360 g/mol. The number of rotatable bonds is 5. The summed E-state index contributed by atoms with van der Waals surface area (Å²) < 4.78 is 11.8. The van der Waals surface area contributed by atoms with Crippen LogP contribution in [0.25, 0.3) is 0 Å². The summed E-state index contributed by atoms with van der Waals surface area (Å²) in [6.07, 6.45) is 3.88. The first-order valence-electron chi connectivity index (χ1n) is 10.4. The van der Waals surface area contributed by atoms with Gasteiger partial charge in [0.15, 0.2) is 5.96 Å². The molecule has 6 nitrogen and oxygen atoms in total. The van der Waals surface area contributed by atoms with Gasteiger partial charge in [0.2, 0.25) is 0 Å². The topological polar surface area (TPSA) is 49.3 Å². The van der Waals surface area contributed by atoms with Crippen LogP contribution in [0.2, 0.25) is 0 Å². The molecule has 0 radical (unpaired) electrons. The van der Waals surface area contributed by atoms with Crippen LogP contribution in [0.1, 0.15) is 30.2 Å². The summed E-state index contributed by atoms with van der Waals surface area (Å²) >= 11 is 1.90. The van der Waals surface area contributed by atoms with Crippen molar-refractivity contribution in [3.05, 3.63) is 21.9 Å². The molecule has 150 valence electrons. The summed E-state index contributed by atoms with van der Waals surface area (Å²) in [5.74, 6) is 1.03. The maximum absolute atomic E-state index is 5.99. The predicted molar refractivity (Wildman–Crippen MR) is 110 cm³/mol. The zero-order valence-electron chi connectivity index (χ0n) is 16.4. The first-order valence-corrected chi connectivity index (χ1v) is 11.3. The number of guanidine groups is 1. The molecule has 27 heavy (non-hydrogen) atoms. The van der Waals surface area contributed by atoms with Crippen molar-refractivity contribution < 1.29 is 9.47 Å². The number of fused-ring (bicyclic) bond motifs is 1. The van der Waals surface area contributed by atoms with Crippen molar-refractivity contribution in [1.82, 2.24) is 15.1 Å². The van der Waals surface area contributed by atoms with Gasteiger partial charge in [-0.25, -0.2) is 0 Å². The van der Waals surface area contributed by atoms with E-state index < -0.39 is 0 Å². The number of nitrogens with zero attached hydrogens (tertiary/aromatic N) is 3. The van der Waals surface area contributed by atoms with E-state index in [1.807, 2.05) is 11.3 Å². The van der Waals surface area contributed by atoms with Gasteiger partial charge in [-0.1, -0.05) is 0 Å². The van der Waals surface area contributed by atoms with Gasteiger partial charge in [-0.3, -0.25) is 9.89 Å². The number of ether oxygens (including phenoxy) is 2. The fraction of sp³-hybridized carbons (Fsp3) is 0.750. The van der Waals surface area contributed by atoms with E-state index in [9.17, 15) is 0 Å². The van der Waals surface area contributed by atoms with Crippen molar-refractivity contribution in [3.63, 3.8) is 0 Å². The molecule has 0 saturated carbocycles. The normalized spacial score (nSPS) is 27.0. The van der Waals surface area contributed by atoms with Gasteiger partial charge in [0.1, 0.15) is 6.10 Å². The average Bonchev–Trinajstić information content (AvgIpc) is 3.39. The SMILES string of the molecule is CCNC(=NCCN1CCc2sccc2C1)N1CCOC(C2CCCO2)C1. The van der Waals surface area contributed by atoms with E-state index >= 15 is 0 Å². The molecule has 0 bridgehead atoms. The van der Waals surface area contributed by atoms with Crippen LogP contribution in [0.15, 0.2) is 16.4 Å². The number of morpholine rings is 1. The second-order valence-corrected chi connectivity index (χ2v) is 8.54. The lowest BCUT2D eigenvalue weighted by Gasteiger charge is -2.37. The van der Waals surface area contributed by atoms with E-state index in [1.165, 1.54) is 12.0 Å². The zero-order valence-corrected chi connectivity index (χ0v) is 17.2. The highest BCUT2D eigenvalue weighted by atomic mass is 32.1. The monoisotopic (exact) mass is 392 g/mol. The fourth-order valence-electron chi connectivity index (χ4n) is 4.21. The minimum absolute atomic E-state index is 0.171. The highest BCUT2D eigenvalue weighted by Crippen LogP contribution is 2.24. The van der Waals surface area contributed by atoms with Gasteiger partial charge in [0.05, 0.1) is 19.3 Å². The van der Waals surface area contributed by atoms with Crippen molar-refractivity contribution in [3.8, 4) is 0 Å². The molecule has 2 fully saturated rings. The molecule has 3 aliphatic heterocycles. The molecule has 4 rings (SSSR count). The summed E-state index contributed by atoms with van der Waals surface area (Å²) in [5, 5.41) is 5.70. The summed E-state index contributed by atoms with van der Waals surface area (Å²) in [7, 11) is 0. The molecule has 1 aromatic rings. The van der Waals surface area contributed by atoms with Crippen LogP contribution in [-0.2, 0) is 22.4 Å². The molecule has 1 aromatic heterocycles. The third kappa shape index (κ3) is 4.83. The number of aliphatic imine (C=N–C) groups is 1. The highest BCUT2D eigenvalue weighted by Gasteiger charge is 2.32. The Morgan fingerprint density at radius 2 is 2.22 bits per heavy atom. The van der Waals surface area contributed by atoms with Gasteiger partial charge in [0.25, 0.3) is 0 Å². The van der Waals surface area contributed by atoms with Gasteiger partial charge in [-0.05, 0) is 43.2 Å². The second kappa shape index (κ2) is 9.37. The Bertz CT molecular complexity index is 629. The first kappa shape index (κ1) is 19.2. The Morgan fingerprint density at radius 3 is 3.07 bits per heavy atom. The zero-order chi connectivity index (χ0) is 18.5. The van der Waals surface area contributed by atoms with Gasteiger partial charge in [0, 0.05) is 50.8 Å². The molecule has 3 aliphatic rings. The third-order valence-corrected chi connectivity index (χ3v) is 6.69. The van der Waals surface area contributed by atoms with Crippen LogP contribution in [0.4, 0.5) is 0 Å². The molecule has 0 aliphatic carbocycles. The van der Waals surface area contributed by atoms with Crippen LogP contribution in [0.5, 0.6) is 0 Å². The van der Waals surface area contributed by atoms with Crippen LogP contribution in [-0.4, -0.2) is 80.4 Å². The van der Waals surface area contributed by atoms with E-state index in [0.29, 0.717) is 0 Å². The molecule has 7 heteroatoms. The minimum Gasteiger partial charge on any atom is -0.375 e. The molecule has 2 saturated heterocycles. The van der Waals surface area contributed by atoms with Crippen LogP contribution in [0, 0.1) is 0 Å². The number of hydrogen-bond donors (Lipinski definition) is 1. The molecular formula is C20H32N4O2S. The summed E-state index contributed by atoms with van der Waals surface area (Å²) in [4.78, 5) is 11.4. The molecule has 4 heterocycles. The van der Waals surface area contributed by atoms with E-state index in [-0.39, 0.29) is 12.2 Å². The lowest BCUT2D eigenvalue weighted by Crippen LogP contribution is -2.53. The molecule has 1 N–H and O–H groups in total. The maximum atomic E-state index is 5.99. The Balaban J connectivity index is 1.31. The van der Waals surface area contributed by atoms with Crippen LogP contribution in [0.3, 0.4) is 0 Å². The van der Waals surface area contributed by atoms with Gasteiger partial charge < -0.3 is 19.7 Å². The number of hydrogen-bond acceptors (Lipinski definition) is 5. The standard InChI is InChI=1S/C20H32N4O2S/c1-2-21-20(24-10-12-26-18(15-24)17-4-3-11-25-17)22-7-9-23-8-5-19-16(14-23)6-13-27-19/h6,13,17-18H,2-5,7-12,14-15H2,1H3,(H,21,22). The lowest BCUT2D eigenvalue weighted by atomic mass is 10.1. The van der Waals surface area contributed by atoms with Gasteiger partial charge in [-0.15, -0.1) is 11.3 Å². The lowest BCUT2D eigenvalue weighted by molar-refractivity contribution is -0.0817. The van der Waals surface area contributed by atoms with Crippen molar-refractivity contribution in [2.75, 3.05) is 52.5 Å². The number of thiophene rings is 1.